The van der Waals surface area contributed by atoms with Crippen LogP contribution >= 0.6 is 0 Å². The summed E-state index contributed by atoms with van der Waals surface area (Å²) in [5.74, 6) is -1.52. The second-order valence-corrected chi connectivity index (χ2v) is 4.57. The van der Waals surface area contributed by atoms with Crippen LogP contribution in [0.25, 0.3) is 0 Å². The Hall–Kier alpha value is -1.06. The molecule has 4 nitrogen and oxygen atoms in total. The molecule has 0 heterocycles. The molecule has 0 rings (SSSR count). The molecule has 0 saturated carbocycles. The van der Waals surface area contributed by atoms with Gasteiger partial charge in [0.25, 0.3) is 0 Å². The molecule has 14 heavy (non-hydrogen) atoms. The molecule has 1 amide bonds. The van der Waals surface area contributed by atoms with Crippen molar-refractivity contribution in [2.45, 2.75) is 39.7 Å². The van der Waals surface area contributed by atoms with Crippen molar-refractivity contribution in [3.05, 3.63) is 0 Å². The summed E-state index contributed by atoms with van der Waals surface area (Å²) in [5, 5.41) is 8.55. The molecule has 0 fully saturated rings. The van der Waals surface area contributed by atoms with Gasteiger partial charge in [0.15, 0.2) is 0 Å². The van der Waals surface area contributed by atoms with Gasteiger partial charge in [-0.05, 0) is 20.8 Å². The van der Waals surface area contributed by atoms with Crippen LogP contribution in [-0.4, -0.2) is 34.5 Å². The lowest BCUT2D eigenvalue weighted by Crippen LogP contribution is -2.45. The van der Waals surface area contributed by atoms with Gasteiger partial charge in [0, 0.05) is 18.5 Å². The van der Waals surface area contributed by atoms with Crippen molar-refractivity contribution < 1.29 is 14.7 Å². The van der Waals surface area contributed by atoms with E-state index in [9.17, 15) is 9.59 Å². The number of amides is 1. The zero-order valence-corrected chi connectivity index (χ0v) is 9.50. The third kappa shape index (κ3) is 3.77. The van der Waals surface area contributed by atoms with Crippen molar-refractivity contribution in [1.82, 2.24) is 4.90 Å². The Morgan fingerprint density at radius 1 is 1.36 bits per heavy atom. The molecule has 0 aliphatic carbocycles. The van der Waals surface area contributed by atoms with Crippen LogP contribution < -0.4 is 0 Å². The summed E-state index contributed by atoms with van der Waals surface area (Å²) in [5.41, 5.74) is -0.260. The van der Waals surface area contributed by atoms with Gasteiger partial charge >= 0.3 is 5.97 Å². The molecule has 82 valence electrons. The highest BCUT2D eigenvalue weighted by atomic mass is 16.4. The van der Waals surface area contributed by atoms with E-state index in [0.717, 1.165) is 0 Å². The number of aliphatic carboxylic acids is 1. The lowest BCUT2D eigenvalue weighted by molar-refractivity contribution is -0.145. The van der Waals surface area contributed by atoms with Crippen LogP contribution in [0.1, 0.15) is 34.1 Å². The lowest BCUT2D eigenvalue weighted by atomic mass is 10.0. The van der Waals surface area contributed by atoms with Gasteiger partial charge in [0.05, 0.1) is 6.42 Å². The van der Waals surface area contributed by atoms with Gasteiger partial charge in [-0.3, -0.25) is 9.59 Å². The maximum atomic E-state index is 11.7. The predicted octanol–water partition coefficient (Wildman–Crippen LogP) is 1.35. The first-order valence-electron chi connectivity index (χ1n) is 4.65. The summed E-state index contributed by atoms with van der Waals surface area (Å²) in [7, 11) is 1.70. The number of carboxylic acids is 1. The second-order valence-electron chi connectivity index (χ2n) is 4.57. The highest BCUT2D eigenvalue weighted by Gasteiger charge is 2.27. The summed E-state index contributed by atoms with van der Waals surface area (Å²) in [6, 6.07) is 0. The van der Waals surface area contributed by atoms with Crippen LogP contribution in [0.2, 0.25) is 0 Å². The Morgan fingerprint density at radius 3 is 2.07 bits per heavy atom. The molecular weight excluding hydrogens is 182 g/mol. The minimum Gasteiger partial charge on any atom is -0.481 e. The third-order valence-corrected chi connectivity index (χ3v) is 2.24. The quantitative estimate of drug-likeness (QED) is 0.750. The average molecular weight is 201 g/mol. The van der Waals surface area contributed by atoms with Gasteiger partial charge in [-0.15, -0.1) is 0 Å². The monoisotopic (exact) mass is 201 g/mol. The molecule has 4 heteroatoms. The molecule has 0 aliphatic heterocycles. The van der Waals surface area contributed by atoms with Crippen LogP contribution in [0.4, 0.5) is 0 Å². The first-order valence-corrected chi connectivity index (χ1v) is 4.65. The standard InChI is InChI=1S/C10H19NO3/c1-7(6-8(12)13)9(14)11(5)10(2,3)4/h7H,6H2,1-5H3,(H,12,13). The average Bonchev–Trinajstić information content (AvgIpc) is 1.98. The maximum Gasteiger partial charge on any atom is 0.304 e. The van der Waals surface area contributed by atoms with E-state index in [2.05, 4.69) is 0 Å². The number of hydrogen-bond acceptors (Lipinski definition) is 2. The van der Waals surface area contributed by atoms with Crippen LogP contribution in [0.3, 0.4) is 0 Å². The minimum atomic E-state index is -0.937. The highest BCUT2D eigenvalue weighted by Crippen LogP contribution is 2.15. The highest BCUT2D eigenvalue weighted by molar-refractivity contribution is 5.83. The van der Waals surface area contributed by atoms with Crippen molar-refractivity contribution in [2.75, 3.05) is 7.05 Å². The molecule has 0 aromatic heterocycles. The lowest BCUT2D eigenvalue weighted by Gasteiger charge is -2.33. The molecule has 0 aromatic rings. The molecule has 0 saturated heterocycles. The third-order valence-electron chi connectivity index (χ3n) is 2.24. The molecule has 0 aliphatic rings. The predicted molar refractivity (Wildman–Crippen MR) is 53.9 cm³/mol. The molecule has 0 aromatic carbocycles. The van der Waals surface area contributed by atoms with E-state index in [1.165, 1.54) is 0 Å². The number of nitrogens with zero attached hydrogens (tertiary/aromatic N) is 1. The van der Waals surface area contributed by atoms with E-state index in [0.29, 0.717) is 0 Å². The van der Waals surface area contributed by atoms with Crippen molar-refractivity contribution in [2.24, 2.45) is 5.92 Å². The molecule has 1 unspecified atom stereocenters. The Morgan fingerprint density at radius 2 is 1.79 bits per heavy atom. The van der Waals surface area contributed by atoms with Gasteiger partial charge in [-0.25, -0.2) is 0 Å². The van der Waals surface area contributed by atoms with Crippen LogP contribution in [0.15, 0.2) is 0 Å². The first-order chi connectivity index (χ1) is 6.16. The fourth-order valence-electron chi connectivity index (χ4n) is 1.01. The first kappa shape index (κ1) is 12.9. The van der Waals surface area contributed by atoms with Crippen LogP contribution in [0.5, 0.6) is 0 Å². The van der Waals surface area contributed by atoms with E-state index in [1.807, 2.05) is 20.8 Å². The second kappa shape index (κ2) is 4.44. The minimum absolute atomic E-state index is 0.112. The van der Waals surface area contributed by atoms with Gasteiger partial charge in [0.1, 0.15) is 0 Å². The molecule has 1 N–H and O–H groups in total. The summed E-state index contributed by atoms with van der Waals surface area (Å²) in [6.07, 6.45) is -0.112. The van der Waals surface area contributed by atoms with Gasteiger partial charge < -0.3 is 10.0 Å². The summed E-state index contributed by atoms with van der Waals surface area (Å²) in [6.45, 7) is 7.38. The molecule has 0 spiro atoms. The molecular formula is C10H19NO3. The van der Waals surface area contributed by atoms with Crippen molar-refractivity contribution in [3.63, 3.8) is 0 Å². The Kier molecular flexibility index (Phi) is 4.10. The molecule has 1 atom stereocenters. The Bertz CT molecular complexity index is 230. The number of carboxylic acid groups (broad SMARTS) is 1. The van der Waals surface area contributed by atoms with Crippen LogP contribution in [-0.2, 0) is 9.59 Å². The van der Waals surface area contributed by atoms with E-state index in [1.54, 1.807) is 18.9 Å². The fourth-order valence-corrected chi connectivity index (χ4v) is 1.01. The smallest absolute Gasteiger partial charge is 0.304 e. The van der Waals surface area contributed by atoms with Crippen molar-refractivity contribution >= 4 is 11.9 Å². The topological polar surface area (TPSA) is 57.6 Å². The van der Waals surface area contributed by atoms with E-state index < -0.39 is 11.9 Å². The summed E-state index contributed by atoms with van der Waals surface area (Å²) < 4.78 is 0. The number of rotatable bonds is 3. The Labute approximate surface area is 84.9 Å². The SMILES string of the molecule is CC(CC(=O)O)C(=O)N(C)C(C)(C)C. The fraction of sp³-hybridized carbons (Fsp3) is 0.800. The van der Waals surface area contributed by atoms with Crippen LogP contribution in [0, 0.1) is 5.92 Å². The van der Waals surface area contributed by atoms with Gasteiger partial charge in [-0.2, -0.15) is 0 Å². The van der Waals surface area contributed by atoms with Crippen molar-refractivity contribution in [3.8, 4) is 0 Å². The number of hydrogen-bond donors (Lipinski definition) is 1. The number of carbonyl (C=O) groups excluding carboxylic acids is 1. The van der Waals surface area contributed by atoms with E-state index in [4.69, 9.17) is 5.11 Å². The molecule has 0 radical (unpaired) electrons. The zero-order chi connectivity index (χ0) is 11.5. The maximum absolute atomic E-state index is 11.7. The summed E-state index contributed by atoms with van der Waals surface area (Å²) >= 11 is 0. The van der Waals surface area contributed by atoms with E-state index in [-0.39, 0.29) is 17.9 Å². The largest absolute Gasteiger partial charge is 0.481 e. The van der Waals surface area contributed by atoms with Gasteiger partial charge in [0.2, 0.25) is 5.91 Å². The zero-order valence-electron chi connectivity index (χ0n) is 9.50. The Balaban J connectivity index is 4.40. The van der Waals surface area contributed by atoms with E-state index >= 15 is 0 Å². The van der Waals surface area contributed by atoms with Crippen molar-refractivity contribution in [1.29, 1.82) is 0 Å². The molecule has 0 bridgehead atoms. The van der Waals surface area contributed by atoms with Gasteiger partial charge in [-0.1, -0.05) is 6.92 Å². The number of carbonyl (C=O) groups is 2. The summed E-state index contributed by atoms with van der Waals surface area (Å²) in [4.78, 5) is 23.7. The normalized spacial score (nSPS) is 13.5.